The maximum atomic E-state index is 13.2. The fraction of sp³-hybridized carbons (Fsp3) is 0.895. The van der Waals surface area contributed by atoms with Crippen LogP contribution < -0.4 is 5.32 Å². The van der Waals surface area contributed by atoms with Gasteiger partial charge in [0.2, 0.25) is 5.91 Å². The number of nitrogens with one attached hydrogen (secondary N) is 1. The van der Waals surface area contributed by atoms with Crippen LogP contribution in [-0.4, -0.2) is 40.6 Å². The van der Waals surface area contributed by atoms with Gasteiger partial charge in [0.05, 0.1) is 0 Å². The molecule has 0 aromatic heterocycles. The Kier molecular flexibility index (Phi) is 4.33. The largest absolute Gasteiger partial charge is 0.444 e. The molecule has 4 rings (SSSR count). The molecule has 1 N–H and O–H groups in total. The molecule has 24 heavy (non-hydrogen) atoms. The van der Waals surface area contributed by atoms with Crippen LogP contribution in [0.15, 0.2) is 0 Å². The molecule has 2 atom stereocenters. The summed E-state index contributed by atoms with van der Waals surface area (Å²) in [5.41, 5.74) is -1.51. The fourth-order valence-electron chi connectivity index (χ4n) is 5.00. The summed E-state index contributed by atoms with van der Waals surface area (Å²) in [6, 6.07) is 0.355. The number of hydrogen-bond acceptors (Lipinski definition) is 3. The number of nitrogens with zero attached hydrogens (tertiary/aromatic N) is 1. The Balaban J connectivity index is 1.69. The van der Waals surface area contributed by atoms with Crippen molar-refractivity contribution in [1.29, 1.82) is 0 Å². The predicted molar refractivity (Wildman–Crippen MR) is 92.5 cm³/mol. The zero-order chi connectivity index (χ0) is 17.7. The molecule has 5 heteroatoms. The van der Waals surface area contributed by atoms with Crippen LogP contribution in [-0.2, 0) is 9.53 Å². The summed E-state index contributed by atoms with van der Waals surface area (Å²) in [6.45, 7) is 9.91. The van der Waals surface area contributed by atoms with Crippen LogP contribution in [0.25, 0.3) is 0 Å². The van der Waals surface area contributed by atoms with Crippen molar-refractivity contribution in [3.8, 4) is 0 Å². The van der Waals surface area contributed by atoms with E-state index in [9.17, 15) is 9.59 Å². The summed E-state index contributed by atoms with van der Waals surface area (Å²) in [4.78, 5) is 27.4. The second-order valence-electron chi connectivity index (χ2n) is 9.64. The van der Waals surface area contributed by atoms with Crippen molar-refractivity contribution in [2.24, 2.45) is 17.8 Å². The van der Waals surface area contributed by atoms with Crippen molar-refractivity contribution in [1.82, 2.24) is 10.2 Å². The topological polar surface area (TPSA) is 58.6 Å². The van der Waals surface area contributed by atoms with E-state index in [-0.39, 0.29) is 5.91 Å². The minimum Gasteiger partial charge on any atom is -0.444 e. The number of ether oxygens (including phenoxy) is 1. The number of carbonyl (C=O) groups excluding carboxylic acids is 2. The molecule has 0 aromatic carbocycles. The predicted octanol–water partition coefficient (Wildman–Crippen LogP) is 3.33. The first-order valence-electron chi connectivity index (χ1n) is 9.36. The van der Waals surface area contributed by atoms with Crippen LogP contribution in [0.1, 0.15) is 66.7 Å². The molecule has 4 bridgehead atoms. The van der Waals surface area contributed by atoms with Gasteiger partial charge in [-0.15, -0.1) is 0 Å². The van der Waals surface area contributed by atoms with Gasteiger partial charge in [-0.3, -0.25) is 4.79 Å². The highest BCUT2D eigenvalue weighted by atomic mass is 16.6. The van der Waals surface area contributed by atoms with Crippen LogP contribution >= 0.6 is 0 Å². The van der Waals surface area contributed by atoms with Crippen LogP contribution in [0, 0.1) is 17.8 Å². The van der Waals surface area contributed by atoms with Gasteiger partial charge in [0.15, 0.2) is 0 Å². The van der Waals surface area contributed by atoms with E-state index >= 15 is 0 Å². The Morgan fingerprint density at radius 1 is 0.917 bits per heavy atom. The molecule has 0 aromatic rings. The molecule has 2 amide bonds. The van der Waals surface area contributed by atoms with Gasteiger partial charge in [-0.2, -0.15) is 0 Å². The first-order chi connectivity index (χ1) is 11.0. The summed E-state index contributed by atoms with van der Waals surface area (Å²) in [7, 11) is 0. The Morgan fingerprint density at radius 2 is 1.46 bits per heavy atom. The minimum atomic E-state index is -0.940. The lowest BCUT2D eigenvalue weighted by atomic mass is 9.68. The molecule has 4 fully saturated rings. The Bertz CT molecular complexity index is 509. The molecule has 2 aliphatic carbocycles. The zero-order valence-electron chi connectivity index (χ0n) is 15.7. The highest BCUT2D eigenvalue weighted by molar-refractivity contribution is 5.89. The molecular formula is C19H32N2O3. The summed E-state index contributed by atoms with van der Waals surface area (Å²) in [5.74, 6) is 2.27. The zero-order valence-corrected chi connectivity index (χ0v) is 15.7. The number of amides is 2. The van der Waals surface area contributed by atoms with Gasteiger partial charge in [-0.1, -0.05) is 0 Å². The van der Waals surface area contributed by atoms with Gasteiger partial charge in [0.25, 0.3) is 0 Å². The third-order valence-corrected chi connectivity index (χ3v) is 5.72. The Labute approximate surface area is 145 Å². The van der Waals surface area contributed by atoms with Gasteiger partial charge in [-0.05, 0) is 84.5 Å². The van der Waals surface area contributed by atoms with Gasteiger partial charge in [-0.25, -0.2) is 4.79 Å². The standard InChI is InChI=1S/C19H32N2O3/c1-18(2,3)24-17(23)20-19(4,5)16(22)21-11-14-7-12-6-13(8-14)10-15(21)9-12/h12-15H,6-11H2,1-5H3,(H,20,23). The Hall–Kier alpha value is -1.26. The third-order valence-electron chi connectivity index (χ3n) is 5.72. The number of hydrogen-bond donors (Lipinski definition) is 1. The van der Waals surface area contributed by atoms with Crippen molar-refractivity contribution in [2.75, 3.05) is 6.54 Å². The summed E-state index contributed by atoms with van der Waals surface area (Å²) < 4.78 is 5.33. The fourth-order valence-corrected chi connectivity index (χ4v) is 5.00. The van der Waals surface area contributed by atoms with Crippen LogP contribution in [0.3, 0.4) is 0 Å². The number of rotatable bonds is 2. The second-order valence-corrected chi connectivity index (χ2v) is 9.64. The molecule has 2 saturated carbocycles. The molecule has 5 nitrogen and oxygen atoms in total. The SMILES string of the molecule is CC(C)(C)OC(=O)NC(C)(C)C(=O)N1CC2CC3CC(C2)CC1C3. The summed E-state index contributed by atoms with van der Waals surface area (Å²) in [6.07, 6.45) is 5.66. The van der Waals surface area contributed by atoms with Gasteiger partial charge in [0, 0.05) is 12.6 Å². The molecule has 4 aliphatic rings. The maximum Gasteiger partial charge on any atom is 0.408 e. The Morgan fingerprint density at radius 3 is 2.00 bits per heavy atom. The lowest BCUT2D eigenvalue weighted by molar-refractivity contribution is -0.140. The van der Waals surface area contributed by atoms with Crippen LogP contribution in [0.2, 0.25) is 0 Å². The monoisotopic (exact) mass is 336 g/mol. The lowest BCUT2D eigenvalue weighted by Crippen LogP contribution is -2.59. The maximum absolute atomic E-state index is 13.2. The molecule has 0 spiro atoms. The molecule has 136 valence electrons. The molecule has 0 radical (unpaired) electrons. The number of carbonyl (C=O) groups is 2. The van der Waals surface area contributed by atoms with E-state index in [2.05, 4.69) is 10.2 Å². The minimum absolute atomic E-state index is 0.0339. The van der Waals surface area contributed by atoms with Crippen LogP contribution in [0.5, 0.6) is 0 Å². The molecular weight excluding hydrogens is 304 g/mol. The highest BCUT2D eigenvalue weighted by Gasteiger charge is 2.47. The average Bonchev–Trinajstić information content (AvgIpc) is 2.58. The molecule has 2 unspecified atom stereocenters. The van der Waals surface area contributed by atoms with E-state index in [0.29, 0.717) is 12.0 Å². The average molecular weight is 336 g/mol. The smallest absolute Gasteiger partial charge is 0.408 e. The first kappa shape index (κ1) is 17.6. The molecule has 2 heterocycles. The van der Waals surface area contributed by atoms with E-state index in [1.54, 1.807) is 13.8 Å². The summed E-state index contributed by atoms with van der Waals surface area (Å²) >= 11 is 0. The van der Waals surface area contributed by atoms with Gasteiger partial charge < -0.3 is 15.0 Å². The van der Waals surface area contributed by atoms with E-state index < -0.39 is 17.2 Å². The van der Waals surface area contributed by atoms with Gasteiger partial charge in [0.1, 0.15) is 11.1 Å². The van der Waals surface area contributed by atoms with E-state index in [4.69, 9.17) is 4.74 Å². The van der Waals surface area contributed by atoms with Crippen molar-refractivity contribution < 1.29 is 14.3 Å². The third kappa shape index (κ3) is 3.70. The van der Waals surface area contributed by atoms with E-state index in [1.165, 1.54) is 19.3 Å². The van der Waals surface area contributed by atoms with Crippen LogP contribution in [0.4, 0.5) is 4.79 Å². The normalized spacial score (nSPS) is 32.5. The van der Waals surface area contributed by atoms with Crippen molar-refractivity contribution in [2.45, 2.75) is 83.9 Å². The van der Waals surface area contributed by atoms with Gasteiger partial charge >= 0.3 is 6.09 Å². The highest BCUT2D eigenvalue weighted by Crippen LogP contribution is 2.47. The van der Waals surface area contributed by atoms with E-state index in [0.717, 1.165) is 31.2 Å². The summed E-state index contributed by atoms with van der Waals surface area (Å²) in [5, 5.41) is 2.78. The number of alkyl carbamates (subject to hydrolysis) is 1. The molecule has 2 saturated heterocycles. The van der Waals surface area contributed by atoms with E-state index in [1.807, 2.05) is 20.8 Å². The number of fused-ring (bicyclic) bond motifs is 1. The van der Waals surface area contributed by atoms with Crippen molar-refractivity contribution in [3.05, 3.63) is 0 Å². The van der Waals surface area contributed by atoms with Crippen molar-refractivity contribution in [3.63, 3.8) is 0 Å². The van der Waals surface area contributed by atoms with Crippen molar-refractivity contribution >= 4 is 12.0 Å². The molecule has 2 aliphatic heterocycles. The second kappa shape index (κ2) is 5.92. The first-order valence-corrected chi connectivity index (χ1v) is 9.36. The quantitative estimate of drug-likeness (QED) is 0.841. The lowest BCUT2D eigenvalue weighted by Gasteiger charge is -2.40.